The van der Waals surface area contributed by atoms with Gasteiger partial charge < -0.3 is 5.32 Å². The van der Waals surface area contributed by atoms with Crippen LogP contribution in [0.4, 0.5) is 0 Å². The van der Waals surface area contributed by atoms with Crippen LogP contribution in [-0.4, -0.2) is 17.7 Å². The monoisotopic (exact) mass is 379 g/mol. The number of hydrogen-bond donors (Lipinski definition) is 1. The van der Waals surface area contributed by atoms with E-state index in [0.29, 0.717) is 11.5 Å². The molecule has 2 heterocycles. The molecule has 0 amide bonds. The molecule has 1 saturated heterocycles. The Kier molecular flexibility index (Phi) is 6.44. The molecule has 0 radical (unpaired) electrons. The lowest BCUT2D eigenvalue weighted by atomic mass is 9.98. The van der Waals surface area contributed by atoms with E-state index in [9.17, 15) is 10.1 Å². The number of rotatable bonds is 5. The van der Waals surface area contributed by atoms with Crippen LogP contribution in [0.2, 0.25) is 0 Å². The smallest absolute Gasteiger partial charge is 0.308 e. The second-order valence-electron chi connectivity index (χ2n) is 6.89. The van der Waals surface area contributed by atoms with E-state index in [1.54, 1.807) is 0 Å². The maximum absolute atomic E-state index is 12.5. The van der Waals surface area contributed by atoms with Gasteiger partial charge in [-0.3, -0.25) is 9.36 Å². The first kappa shape index (κ1) is 19.3. The normalized spacial score (nSPS) is 16.9. The molecule has 0 bridgehead atoms. The molecule has 5 heteroatoms. The van der Waals surface area contributed by atoms with Crippen LogP contribution in [0.25, 0.3) is 15.8 Å². The molecular weight excluding hydrogens is 354 g/mol. The molecule has 2 aromatic rings. The Bertz CT molecular complexity index is 995. The summed E-state index contributed by atoms with van der Waals surface area (Å²) in [6.45, 7) is 6.76. The summed E-state index contributed by atoms with van der Waals surface area (Å²) in [4.78, 5) is 12.6. The highest BCUT2D eigenvalue weighted by Crippen LogP contribution is 2.26. The molecule has 4 nitrogen and oxygen atoms in total. The van der Waals surface area contributed by atoms with Crippen molar-refractivity contribution in [3.05, 3.63) is 63.3 Å². The minimum atomic E-state index is 0.107. The lowest BCUT2D eigenvalue weighted by molar-refractivity contribution is 0.335. The zero-order valence-electron chi connectivity index (χ0n) is 15.9. The molecule has 3 rings (SSSR count). The molecule has 1 aliphatic rings. The van der Waals surface area contributed by atoms with Crippen LogP contribution in [-0.2, 0) is 6.54 Å². The Labute approximate surface area is 164 Å². The van der Waals surface area contributed by atoms with Gasteiger partial charge in [0.15, 0.2) is 0 Å². The molecular formula is C22H25N3OS. The number of nitrogens with zero attached hydrogens (tertiary/aromatic N) is 2. The third-order valence-electron chi connectivity index (χ3n) is 5.09. The molecule has 0 spiro atoms. The standard InChI is InChI=1S/C22H25N3OS/c1-3-4-5-6-19(14-23)16(2)18-7-8-20-21(13-18)27-22(26)25(20)15-17-9-11-24-12-10-17/h3-8,13,17,24H,9-12,15H2,1-2H3/b4-3-,6-5-,19-16-. The Hall–Kier alpha value is -2.42. The first-order chi connectivity index (χ1) is 13.1. The van der Waals surface area contributed by atoms with Crippen LogP contribution in [0.3, 0.4) is 0 Å². The Balaban J connectivity index is 1.94. The van der Waals surface area contributed by atoms with E-state index in [1.165, 1.54) is 11.3 Å². The van der Waals surface area contributed by atoms with Gasteiger partial charge in [0, 0.05) is 6.54 Å². The number of aromatic nitrogens is 1. The quantitative estimate of drug-likeness (QED) is 0.615. The predicted octanol–water partition coefficient (Wildman–Crippen LogP) is 4.49. The Morgan fingerprint density at radius 3 is 2.85 bits per heavy atom. The van der Waals surface area contributed by atoms with Gasteiger partial charge in [-0.2, -0.15) is 5.26 Å². The SMILES string of the molecule is C\C=C/C=C\C(C#N)=C(/C)c1ccc2c(c1)sc(=O)n2CC1CCNCC1. The van der Waals surface area contributed by atoms with Gasteiger partial charge in [-0.25, -0.2) is 0 Å². The number of benzene rings is 1. The topological polar surface area (TPSA) is 57.8 Å². The summed E-state index contributed by atoms with van der Waals surface area (Å²) >= 11 is 1.30. The predicted molar refractivity (Wildman–Crippen MR) is 114 cm³/mol. The highest BCUT2D eigenvalue weighted by atomic mass is 32.1. The zero-order valence-corrected chi connectivity index (χ0v) is 16.7. The molecule has 1 aromatic heterocycles. The van der Waals surface area contributed by atoms with E-state index in [0.717, 1.165) is 53.8 Å². The van der Waals surface area contributed by atoms with E-state index in [2.05, 4.69) is 11.4 Å². The fourth-order valence-electron chi connectivity index (χ4n) is 3.46. The van der Waals surface area contributed by atoms with Gasteiger partial charge in [0.25, 0.3) is 0 Å². The van der Waals surface area contributed by atoms with Crippen LogP contribution in [0.5, 0.6) is 0 Å². The number of thiazole rings is 1. The highest BCUT2D eigenvalue weighted by molar-refractivity contribution is 7.16. The molecule has 1 fully saturated rings. The molecule has 0 unspecified atom stereocenters. The van der Waals surface area contributed by atoms with Crippen LogP contribution in [0.1, 0.15) is 32.3 Å². The number of nitrogens with one attached hydrogen (secondary N) is 1. The number of hydrogen-bond acceptors (Lipinski definition) is 4. The van der Waals surface area contributed by atoms with Gasteiger partial charge >= 0.3 is 4.87 Å². The number of nitriles is 1. The summed E-state index contributed by atoms with van der Waals surface area (Å²) in [6.07, 6.45) is 9.76. The molecule has 0 saturated carbocycles. The largest absolute Gasteiger partial charge is 0.317 e. The summed E-state index contributed by atoms with van der Waals surface area (Å²) in [6, 6.07) is 8.35. The first-order valence-electron chi connectivity index (χ1n) is 9.39. The van der Waals surface area contributed by atoms with Gasteiger partial charge in [0.1, 0.15) is 0 Å². The van der Waals surface area contributed by atoms with Crippen molar-refractivity contribution in [2.75, 3.05) is 13.1 Å². The lowest BCUT2D eigenvalue weighted by Crippen LogP contribution is -2.31. The molecule has 0 aliphatic carbocycles. The van der Waals surface area contributed by atoms with Gasteiger partial charge in [-0.05, 0) is 75.0 Å². The number of fused-ring (bicyclic) bond motifs is 1. The maximum Gasteiger partial charge on any atom is 0.308 e. The van der Waals surface area contributed by atoms with E-state index >= 15 is 0 Å². The summed E-state index contributed by atoms with van der Waals surface area (Å²) < 4.78 is 2.91. The number of piperidine rings is 1. The van der Waals surface area contributed by atoms with E-state index in [1.807, 2.05) is 60.9 Å². The second-order valence-corrected chi connectivity index (χ2v) is 7.88. The summed E-state index contributed by atoms with van der Waals surface area (Å²) in [7, 11) is 0. The van der Waals surface area contributed by atoms with Gasteiger partial charge in [0.05, 0.1) is 21.9 Å². The molecule has 0 atom stereocenters. The fourth-order valence-corrected chi connectivity index (χ4v) is 4.40. The van der Waals surface area contributed by atoms with E-state index < -0.39 is 0 Å². The molecule has 1 aromatic carbocycles. The fraction of sp³-hybridized carbons (Fsp3) is 0.364. The Morgan fingerprint density at radius 2 is 2.15 bits per heavy atom. The molecule has 140 valence electrons. The minimum Gasteiger partial charge on any atom is -0.317 e. The van der Waals surface area contributed by atoms with Gasteiger partial charge in [0.2, 0.25) is 0 Å². The molecule has 1 N–H and O–H groups in total. The van der Waals surface area contributed by atoms with Crippen molar-refractivity contribution >= 4 is 27.1 Å². The van der Waals surface area contributed by atoms with Gasteiger partial charge in [-0.1, -0.05) is 35.6 Å². The van der Waals surface area contributed by atoms with Crippen LogP contribution in [0.15, 0.2) is 52.9 Å². The van der Waals surface area contributed by atoms with Crippen molar-refractivity contribution in [3.63, 3.8) is 0 Å². The van der Waals surface area contributed by atoms with Crippen molar-refractivity contribution in [1.82, 2.24) is 9.88 Å². The number of allylic oxidation sites excluding steroid dienone is 6. The average molecular weight is 380 g/mol. The second kappa shape index (κ2) is 8.98. The third-order valence-corrected chi connectivity index (χ3v) is 6.03. The Morgan fingerprint density at radius 1 is 1.37 bits per heavy atom. The molecule has 1 aliphatic heterocycles. The first-order valence-corrected chi connectivity index (χ1v) is 10.2. The van der Waals surface area contributed by atoms with E-state index in [4.69, 9.17) is 0 Å². The average Bonchev–Trinajstić information content (AvgIpc) is 3.00. The van der Waals surface area contributed by atoms with Crippen LogP contribution >= 0.6 is 11.3 Å². The highest BCUT2D eigenvalue weighted by Gasteiger charge is 2.17. The molecule has 27 heavy (non-hydrogen) atoms. The lowest BCUT2D eigenvalue weighted by Gasteiger charge is -2.22. The van der Waals surface area contributed by atoms with Crippen molar-refractivity contribution in [3.8, 4) is 6.07 Å². The van der Waals surface area contributed by atoms with Crippen molar-refractivity contribution < 1.29 is 0 Å². The maximum atomic E-state index is 12.5. The van der Waals surface area contributed by atoms with Gasteiger partial charge in [-0.15, -0.1) is 0 Å². The summed E-state index contributed by atoms with van der Waals surface area (Å²) in [5, 5.41) is 12.8. The van der Waals surface area contributed by atoms with Crippen molar-refractivity contribution in [1.29, 1.82) is 5.26 Å². The van der Waals surface area contributed by atoms with Crippen LogP contribution in [0, 0.1) is 17.2 Å². The zero-order chi connectivity index (χ0) is 19.2. The van der Waals surface area contributed by atoms with Crippen molar-refractivity contribution in [2.45, 2.75) is 33.2 Å². The summed E-state index contributed by atoms with van der Waals surface area (Å²) in [5.74, 6) is 0.560. The summed E-state index contributed by atoms with van der Waals surface area (Å²) in [5.41, 5.74) is 3.54. The third kappa shape index (κ3) is 4.47. The van der Waals surface area contributed by atoms with Crippen molar-refractivity contribution in [2.24, 2.45) is 5.92 Å². The van der Waals surface area contributed by atoms with E-state index in [-0.39, 0.29) is 4.87 Å². The minimum absolute atomic E-state index is 0.107. The van der Waals surface area contributed by atoms with Crippen LogP contribution < -0.4 is 10.2 Å².